The summed E-state index contributed by atoms with van der Waals surface area (Å²) in [7, 11) is 0. The Kier molecular flexibility index (Phi) is 9.48. The van der Waals surface area contributed by atoms with Gasteiger partial charge in [0.1, 0.15) is 30.5 Å². The van der Waals surface area contributed by atoms with Gasteiger partial charge in [0.25, 0.3) is 11.8 Å². The van der Waals surface area contributed by atoms with Crippen molar-refractivity contribution < 1.29 is 32.6 Å². The molecular formula is C28H26F2N6O5. The van der Waals surface area contributed by atoms with Crippen LogP contribution in [0.25, 0.3) is 11.7 Å². The van der Waals surface area contributed by atoms with Crippen molar-refractivity contribution in [2.45, 2.75) is 12.2 Å². The molecule has 41 heavy (non-hydrogen) atoms. The van der Waals surface area contributed by atoms with E-state index in [-0.39, 0.29) is 33.9 Å². The first kappa shape index (κ1) is 30.0. The third kappa shape index (κ3) is 6.71. The largest absolute Gasteiger partial charge is 0.485 e. The molecule has 0 saturated carbocycles. The van der Waals surface area contributed by atoms with Gasteiger partial charge in [0, 0.05) is 18.0 Å². The summed E-state index contributed by atoms with van der Waals surface area (Å²) in [5, 5.41) is 9.86. The molecule has 3 rings (SSSR count). The first-order chi connectivity index (χ1) is 19.6. The number of alkyl carbamates (subject to hydrolysis) is 1. The lowest BCUT2D eigenvalue weighted by Crippen LogP contribution is -2.47. The van der Waals surface area contributed by atoms with Gasteiger partial charge in [0.15, 0.2) is 17.0 Å². The normalized spacial score (nSPS) is 10.7. The van der Waals surface area contributed by atoms with Crippen LogP contribution in [0.15, 0.2) is 75.0 Å². The average Bonchev–Trinajstić information content (AvgIpc) is 3.36. The topological polar surface area (TPSA) is 147 Å². The molecule has 0 spiro atoms. The minimum atomic E-state index is -1.33. The van der Waals surface area contributed by atoms with Crippen LogP contribution in [0.3, 0.4) is 0 Å². The molecule has 0 bridgehead atoms. The Balaban J connectivity index is 1.77. The average molecular weight is 565 g/mol. The zero-order valence-electron chi connectivity index (χ0n) is 21.7. The van der Waals surface area contributed by atoms with Gasteiger partial charge in [-0.15, -0.1) is 0 Å². The number of carbonyl (C=O) groups excluding carboxylic acids is 3. The molecule has 212 valence electrons. The second-order valence-electron chi connectivity index (χ2n) is 8.23. The highest BCUT2D eigenvalue weighted by Gasteiger charge is 2.24. The number of pyridine rings is 1. The summed E-state index contributed by atoms with van der Waals surface area (Å²) >= 11 is 0. The van der Waals surface area contributed by atoms with E-state index < -0.39 is 48.3 Å². The van der Waals surface area contributed by atoms with Gasteiger partial charge >= 0.3 is 6.09 Å². The molecule has 3 amide bonds. The Bertz CT molecular complexity index is 1520. The maximum Gasteiger partial charge on any atom is 0.409 e. The number of nitrogens with one attached hydrogen (secondary N) is 4. The van der Waals surface area contributed by atoms with Crippen molar-refractivity contribution in [1.29, 1.82) is 5.41 Å². The van der Waals surface area contributed by atoms with Crippen LogP contribution in [-0.2, 0) is 16.1 Å². The van der Waals surface area contributed by atoms with Crippen LogP contribution in [0.2, 0.25) is 0 Å². The molecule has 0 unspecified atom stereocenters. The van der Waals surface area contributed by atoms with Crippen LogP contribution in [0.1, 0.15) is 27.3 Å². The van der Waals surface area contributed by atoms with Crippen molar-refractivity contribution in [2.24, 2.45) is 0 Å². The van der Waals surface area contributed by atoms with E-state index in [1.165, 1.54) is 47.0 Å². The molecule has 3 aromatic rings. The quantitative estimate of drug-likeness (QED) is 0.150. The summed E-state index contributed by atoms with van der Waals surface area (Å²) in [6.45, 7) is 13.2. The zero-order chi connectivity index (χ0) is 30.2. The summed E-state index contributed by atoms with van der Waals surface area (Å²) < 4.78 is 40.2. The van der Waals surface area contributed by atoms with E-state index in [0.717, 1.165) is 18.3 Å². The van der Waals surface area contributed by atoms with Crippen molar-refractivity contribution in [1.82, 2.24) is 25.6 Å². The fourth-order valence-electron chi connectivity index (χ4n) is 3.48. The van der Waals surface area contributed by atoms with E-state index in [1.807, 2.05) is 0 Å². The Labute approximate surface area is 233 Å². The van der Waals surface area contributed by atoms with Crippen molar-refractivity contribution in [2.75, 3.05) is 6.54 Å². The highest BCUT2D eigenvalue weighted by molar-refractivity contribution is 5.98. The number of imidazole rings is 1. The first-order valence-corrected chi connectivity index (χ1v) is 11.8. The van der Waals surface area contributed by atoms with Crippen molar-refractivity contribution >= 4 is 35.8 Å². The van der Waals surface area contributed by atoms with Gasteiger partial charge in [-0.2, -0.15) is 0 Å². The number of amides is 3. The Morgan fingerprint density at radius 2 is 1.73 bits per heavy atom. The van der Waals surface area contributed by atoms with Crippen LogP contribution in [0.5, 0.6) is 5.75 Å². The fourth-order valence-corrected chi connectivity index (χ4v) is 3.48. The maximum absolute atomic E-state index is 14.1. The van der Waals surface area contributed by atoms with Crippen molar-refractivity contribution in [3.63, 3.8) is 0 Å². The van der Waals surface area contributed by atoms with Crippen LogP contribution in [0.4, 0.5) is 13.6 Å². The van der Waals surface area contributed by atoms with Gasteiger partial charge in [-0.3, -0.25) is 24.8 Å². The molecule has 0 atom stereocenters. The van der Waals surface area contributed by atoms with E-state index in [2.05, 4.69) is 47.5 Å². The summed E-state index contributed by atoms with van der Waals surface area (Å²) in [5.74, 6) is -3.22. The summed E-state index contributed by atoms with van der Waals surface area (Å²) in [6, 6.07) is 4.80. The molecule has 0 aliphatic rings. The lowest BCUT2D eigenvalue weighted by molar-refractivity contribution is -0.121. The standard InChI is InChI=1S/C28H26F2N6O5/c1-5-21-24(26(38)35-34-23(37)14-32-27(39)41-28(6-2,7-3)8-4)36-15-17(13-31)12-22(25(36)33-21)40-16-18-19(29)10-9-11-20(18)30/h5-13,15,31H,1-4,14,16H2,(H,32,39)(H,34,37)(H,35,38). The van der Waals surface area contributed by atoms with Crippen molar-refractivity contribution in [3.05, 3.63) is 109 Å². The van der Waals surface area contributed by atoms with Gasteiger partial charge < -0.3 is 20.2 Å². The summed E-state index contributed by atoms with van der Waals surface area (Å²) in [5.41, 5.74) is 3.03. The Morgan fingerprint density at radius 3 is 2.32 bits per heavy atom. The molecule has 0 radical (unpaired) electrons. The second-order valence-corrected chi connectivity index (χ2v) is 8.23. The SMILES string of the molecule is C=Cc1nc2c(OCc3c(F)cccc3F)cc(C=N)cn2c1C(=O)NNC(=O)CNC(=O)OC(C=C)(C=C)C=C. The van der Waals surface area contributed by atoms with Gasteiger partial charge in [-0.25, -0.2) is 18.6 Å². The molecule has 0 aliphatic carbocycles. The number of carbonyl (C=O) groups is 3. The zero-order valence-corrected chi connectivity index (χ0v) is 21.7. The third-order valence-electron chi connectivity index (χ3n) is 5.68. The molecular weight excluding hydrogens is 538 g/mol. The van der Waals surface area contributed by atoms with E-state index in [1.54, 1.807) is 0 Å². The van der Waals surface area contributed by atoms with Crippen molar-refractivity contribution in [3.8, 4) is 5.75 Å². The number of benzene rings is 1. The molecule has 1 aromatic carbocycles. The van der Waals surface area contributed by atoms with Crippen LogP contribution in [0, 0.1) is 17.0 Å². The molecule has 11 nitrogen and oxygen atoms in total. The number of aromatic nitrogens is 2. The highest BCUT2D eigenvalue weighted by atomic mass is 19.1. The van der Waals surface area contributed by atoms with Gasteiger partial charge in [0.2, 0.25) is 0 Å². The maximum atomic E-state index is 14.1. The van der Waals surface area contributed by atoms with Crippen LogP contribution in [-0.4, -0.2) is 45.7 Å². The molecule has 13 heteroatoms. The number of rotatable bonds is 12. The minimum absolute atomic E-state index is 0.0252. The number of hydrogen-bond acceptors (Lipinski definition) is 7. The molecule has 0 aliphatic heterocycles. The van der Waals surface area contributed by atoms with Gasteiger partial charge in [-0.1, -0.05) is 32.4 Å². The van der Waals surface area contributed by atoms with Crippen LogP contribution < -0.4 is 20.9 Å². The van der Waals surface area contributed by atoms with E-state index in [4.69, 9.17) is 14.9 Å². The highest BCUT2D eigenvalue weighted by Crippen LogP contribution is 2.26. The van der Waals surface area contributed by atoms with E-state index in [9.17, 15) is 23.2 Å². The number of nitrogens with zero attached hydrogens (tertiary/aromatic N) is 2. The summed E-state index contributed by atoms with van der Waals surface area (Å²) in [6.07, 6.45) is 6.55. The predicted octanol–water partition coefficient (Wildman–Crippen LogP) is 3.62. The minimum Gasteiger partial charge on any atom is -0.485 e. The number of hydrazine groups is 1. The van der Waals surface area contributed by atoms with Gasteiger partial charge in [-0.05, 0) is 42.5 Å². The fraction of sp³-hybridized carbons (Fsp3) is 0.107. The second kappa shape index (κ2) is 13.0. The number of ether oxygens (including phenoxy) is 2. The van der Waals surface area contributed by atoms with E-state index >= 15 is 0 Å². The Hall–Kier alpha value is -5.59. The molecule has 0 fully saturated rings. The smallest absolute Gasteiger partial charge is 0.409 e. The summed E-state index contributed by atoms with van der Waals surface area (Å²) in [4.78, 5) is 41.6. The van der Waals surface area contributed by atoms with Crippen LogP contribution >= 0.6 is 0 Å². The van der Waals surface area contributed by atoms with Gasteiger partial charge in [0.05, 0.1) is 11.3 Å². The number of halogens is 2. The predicted molar refractivity (Wildman–Crippen MR) is 147 cm³/mol. The molecule has 0 saturated heterocycles. The molecule has 2 heterocycles. The lowest BCUT2D eigenvalue weighted by Gasteiger charge is -2.22. The number of fused-ring (bicyclic) bond motifs is 1. The lowest BCUT2D eigenvalue weighted by atomic mass is 10.1. The number of hydrogen-bond donors (Lipinski definition) is 4. The Morgan fingerprint density at radius 1 is 1.07 bits per heavy atom. The molecule has 2 aromatic heterocycles. The monoisotopic (exact) mass is 564 g/mol. The van der Waals surface area contributed by atoms with E-state index in [0.29, 0.717) is 0 Å². The molecule has 4 N–H and O–H groups in total. The first-order valence-electron chi connectivity index (χ1n) is 11.8. The third-order valence-corrected chi connectivity index (χ3v) is 5.68.